The Labute approximate surface area is 118 Å². The monoisotopic (exact) mass is 271 g/mol. The molecule has 0 unspecified atom stereocenters. The molecule has 0 bridgehead atoms. The lowest BCUT2D eigenvalue weighted by molar-refractivity contribution is 0.478. The van der Waals surface area contributed by atoms with Crippen molar-refractivity contribution in [3.63, 3.8) is 0 Å². The van der Waals surface area contributed by atoms with Crippen LogP contribution in [0.4, 0.5) is 4.39 Å². The molecular formula is C17H18FNO. The van der Waals surface area contributed by atoms with E-state index >= 15 is 0 Å². The van der Waals surface area contributed by atoms with Crippen molar-refractivity contribution < 1.29 is 9.13 Å². The fourth-order valence-corrected chi connectivity index (χ4v) is 2.09. The van der Waals surface area contributed by atoms with Gasteiger partial charge in [0.05, 0.1) is 0 Å². The SMILES string of the molecule is Cc1cc(Oc2cccc(CNC3CC3)c2)ccc1F. The molecule has 1 N–H and O–H groups in total. The molecule has 0 heterocycles. The van der Waals surface area contributed by atoms with E-state index in [1.54, 1.807) is 19.1 Å². The molecule has 2 aromatic rings. The van der Waals surface area contributed by atoms with E-state index in [0.717, 1.165) is 12.3 Å². The highest BCUT2D eigenvalue weighted by Crippen LogP contribution is 2.25. The van der Waals surface area contributed by atoms with Crippen molar-refractivity contribution in [2.45, 2.75) is 32.4 Å². The first-order valence-electron chi connectivity index (χ1n) is 6.97. The third-order valence-electron chi connectivity index (χ3n) is 3.44. The van der Waals surface area contributed by atoms with E-state index in [9.17, 15) is 4.39 Å². The Balaban J connectivity index is 1.69. The molecule has 1 aliphatic carbocycles. The van der Waals surface area contributed by atoms with Gasteiger partial charge in [-0.1, -0.05) is 12.1 Å². The van der Waals surface area contributed by atoms with Crippen molar-refractivity contribution in [1.82, 2.24) is 5.32 Å². The summed E-state index contributed by atoms with van der Waals surface area (Å²) in [6.07, 6.45) is 2.57. The Kier molecular flexibility index (Phi) is 3.70. The van der Waals surface area contributed by atoms with Crippen LogP contribution in [0.5, 0.6) is 11.5 Å². The predicted molar refractivity (Wildman–Crippen MR) is 77.5 cm³/mol. The van der Waals surface area contributed by atoms with Crippen LogP contribution in [0.2, 0.25) is 0 Å². The van der Waals surface area contributed by atoms with Gasteiger partial charge >= 0.3 is 0 Å². The number of hydrogen-bond acceptors (Lipinski definition) is 2. The maximum absolute atomic E-state index is 13.2. The molecule has 2 nitrogen and oxygen atoms in total. The minimum Gasteiger partial charge on any atom is -0.457 e. The van der Waals surface area contributed by atoms with E-state index in [-0.39, 0.29) is 5.82 Å². The number of nitrogens with one attached hydrogen (secondary N) is 1. The van der Waals surface area contributed by atoms with Crippen molar-refractivity contribution in [3.8, 4) is 11.5 Å². The highest BCUT2D eigenvalue weighted by molar-refractivity contribution is 5.36. The van der Waals surface area contributed by atoms with E-state index in [4.69, 9.17) is 4.74 Å². The van der Waals surface area contributed by atoms with E-state index in [0.29, 0.717) is 17.4 Å². The Hall–Kier alpha value is -1.87. The van der Waals surface area contributed by atoms with Gasteiger partial charge in [-0.15, -0.1) is 0 Å². The molecule has 2 aromatic carbocycles. The van der Waals surface area contributed by atoms with Gasteiger partial charge in [0.2, 0.25) is 0 Å². The number of benzene rings is 2. The van der Waals surface area contributed by atoms with Crippen molar-refractivity contribution in [3.05, 3.63) is 59.4 Å². The summed E-state index contributed by atoms with van der Waals surface area (Å²) in [7, 11) is 0. The molecule has 104 valence electrons. The molecule has 1 aliphatic rings. The maximum atomic E-state index is 13.2. The Morgan fingerprint density at radius 3 is 2.70 bits per heavy atom. The molecule has 0 atom stereocenters. The summed E-state index contributed by atoms with van der Waals surface area (Å²) in [6, 6.07) is 13.5. The molecule has 1 fully saturated rings. The van der Waals surface area contributed by atoms with E-state index in [1.165, 1.54) is 24.5 Å². The van der Waals surface area contributed by atoms with Gasteiger partial charge in [-0.2, -0.15) is 0 Å². The van der Waals surface area contributed by atoms with Gasteiger partial charge in [0.15, 0.2) is 0 Å². The van der Waals surface area contributed by atoms with Crippen molar-refractivity contribution in [1.29, 1.82) is 0 Å². The molecule has 1 saturated carbocycles. The first-order chi connectivity index (χ1) is 9.70. The normalized spacial score (nSPS) is 14.3. The summed E-state index contributed by atoms with van der Waals surface area (Å²) in [6.45, 7) is 2.60. The van der Waals surface area contributed by atoms with Crippen LogP contribution in [-0.2, 0) is 6.54 Å². The van der Waals surface area contributed by atoms with Crippen LogP contribution in [0.1, 0.15) is 24.0 Å². The highest BCUT2D eigenvalue weighted by atomic mass is 19.1. The minimum absolute atomic E-state index is 0.209. The van der Waals surface area contributed by atoms with E-state index in [2.05, 4.69) is 11.4 Å². The van der Waals surface area contributed by atoms with Crippen molar-refractivity contribution in [2.24, 2.45) is 0 Å². The summed E-state index contributed by atoms with van der Waals surface area (Å²) in [4.78, 5) is 0. The van der Waals surface area contributed by atoms with Gasteiger partial charge in [0, 0.05) is 12.6 Å². The second-order valence-electron chi connectivity index (χ2n) is 5.32. The van der Waals surface area contributed by atoms with E-state index < -0.39 is 0 Å². The number of aryl methyl sites for hydroxylation is 1. The van der Waals surface area contributed by atoms with Crippen LogP contribution >= 0.6 is 0 Å². The van der Waals surface area contributed by atoms with Crippen LogP contribution < -0.4 is 10.1 Å². The Morgan fingerprint density at radius 1 is 1.15 bits per heavy atom. The summed E-state index contributed by atoms with van der Waals surface area (Å²) >= 11 is 0. The second kappa shape index (κ2) is 5.63. The molecule has 0 aromatic heterocycles. The molecule has 0 spiro atoms. The smallest absolute Gasteiger partial charge is 0.127 e. The third-order valence-corrected chi connectivity index (χ3v) is 3.44. The second-order valence-corrected chi connectivity index (χ2v) is 5.32. The van der Waals surface area contributed by atoms with Gasteiger partial charge in [-0.05, 0) is 61.2 Å². The first-order valence-corrected chi connectivity index (χ1v) is 6.97. The summed E-state index contributed by atoms with van der Waals surface area (Å²) in [5.41, 5.74) is 1.79. The van der Waals surface area contributed by atoms with Crippen LogP contribution in [0.25, 0.3) is 0 Å². The quantitative estimate of drug-likeness (QED) is 0.881. The average molecular weight is 271 g/mol. The minimum atomic E-state index is -0.209. The van der Waals surface area contributed by atoms with Crippen LogP contribution in [0.15, 0.2) is 42.5 Å². The number of ether oxygens (including phenoxy) is 1. The third kappa shape index (κ3) is 3.36. The molecule has 0 radical (unpaired) electrons. The number of halogens is 1. The van der Waals surface area contributed by atoms with Gasteiger partial charge in [-0.25, -0.2) is 4.39 Å². The zero-order valence-electron chi connectivity index (χ0n) is 11.5. The first kappa shape index (κ1) is 13.1. The van der Waals surface area contributed by atoms with Gasteiger partial charge in [0.25, 0.3) is 0 Å². The lowest BCUT2D eigenvalue weighted by Gasteiger charge is -2.09. The lowest BCUT2D eigenvalue weighted by Crippen LogP contribution is -2.15. The maximum Gasteiger partial charge on any atom is 0.127 e. The summed E-state index contributed by atoms with van der Waals surface area (Å²) in [5, 5.41) is 3.48. The fraction of sp³-hybridized carbons (Fsp3) is 0.294. The van der Waals surface area contributed by atoms with Crippen molar-refractivity contribution >= 4 is 0 Å². The molecule has 3 heteroatoms. The molecular weight excluding hydrogens is 253 g/mol. The highest BCUT2D eigenvalue weighted by Gasteiger charge is 2.19. The fourth-order valence-electron chi connectivity index (χ4n) is 2.09. The molecule has 3 rings (SSSR count). The standard InChI is InChI=1S/C17H18FNO/c1-12-9-16(7-8-17(12)18)20-15-4-2-3-13(10-15)11-19-14-5-6-14/h2-4,7-10,14,19H,5-6,11H2,1H3. The van der Waals surface area contributed by atoms with Crippen LogP contribution in [0.3, 0.4) is 0 Å². The van der Waals surface area contributed by atoms with Crippen LogP contribution in [-0.4, -0.2) is 6.04 Å². The topological polar surface area (TPSA) is 21.3 Å². The van der Waals surface area contributed by atoms with Crippen LogP contribution in [0, 0.1) is 12.7 Å². The van der Waals surface area contributed by atoms with E-state index in [1.807, 2.05) is 18.2 Å². The molecule has 0 saturated heterocycles. The largest absolute Gasteiger partial charge is 0.457 e. The molecule has 0 aliphatic heterocycles. The van der Waals surface area contributed by atoms with Gasteiger partial charge < -0.3 is 10.1 Å². The predicted octanol–water partition coefficient (Wildman–Crippen LogP) is 4.18. The Bertz CT molecular complexity index is 608. The molecule has 0 amide bonds. The summed E-state index contributed by atoms with van der Waals surface area (Å²) < 4.78 is 19.0. The zero-order valence-corrected chi connectivity index (χ0v) is 11.5. The number of rotatable bonds is 5. The number of hydrogen-bond donors (Lipinski definition) is 1. The lowest BCUT2D eigenvalue weighted by atomic mass is 10.2. The zero-order chi connectivity index (χ0) is 13.9. The van der Waals surface area contributed by atoms with Gasteiger partial charge in [0.1, 0.15) is 17.3 Å². The average Bonchev–Trinajstić information content (AvgIpc) is 3.25. The molecule has 20 heavy (non-hydrogen) atoms. The summed E-state index contributed by atoms with van der Waals surface area (Å²) in [5.74, 6) is 1.24. The van der Waals surface area contributed by atoms with Gasteiger partial charge in [-0.3, -0.25) is 0 Å². The Morgan fingerprint density at radius 2 is 1.95 bits per heavy atom. The van der Waals surface area contributed by atoms with Crippen molar-refractivity contribution in [2.75, 3.05) is 0 Å².